The fourth-order valence-corrected chi connectivity index (χ4v) is 1.49. The van der Waals surface area contributed by atoms with Crippen molar-refractivity contribution in [2.24, 2.45) is 0 Å². The van der Waals surface area contributed by atoms with Crippen molar-refractivity contribution in [2.75, 3.05) is 13.1 Å². The predicted molar refractivity (Wildman–Crippen MR) is 62.8 cm³/mol. The average molecular weight is 247 g/mol. The van der Waals surface area contributed by atoms with E-state index >= 15 is 0 Å². The Morgan fingerprint density at radius 1 is 1.38 bits per heavy atom. The first-order chi connectivity index (χ1) is 5.79. The summed E-state index contributed by atoms with van der Waals surface area (Å²) in [5.74, 6) is 0. The Kier molecular flexibility index (Phi) is 5.88. The number of halogens is 1. The molecule has 0 spiro atoms. The first-order valence-electron chi connectivity index (χ1n) is 4.60. The SMILES string of the molecule is Br.C=CCN1C=CN(CCC)C1C. The molecule has 0 aromatic rings. The zero-order valence-corrected chi connectivity index (χ0v) is 10.2. The van der Waals surface area contributed by atoms with Gasteiger partial charge in [0.25, 0.3) is 0 Å². The summed E-state index contributed by atoms with van der Waals surface area (Å²) in [5, 5.41) is 0. The maximum absolute atomic E-state index is 3.74. The third-order valence-electron chi connectivity index (χ3n) is 2.23. The van der Waals surface area contributed by atoms with Gasteiger partial charge in [0.1, 0.15) is 0 Å². The molecule has 1 atom stereocenters. The lowest BCUT2D eigenvalue weighted by Gasteiger charge is -2.28. The lowest BCUT2D eigenvalue weighted by atomic mass is 10.4. The smallest absolute Gasteiger partial charge is 0.0980 e. The predicted octanol–water partition coefficient (Wildman–Crippen LogP) is 2.60. The standard InChI is InChI=1S/C10H18N2.BrH/c1-4-6-11-8-9-12(7-5-2)10(11)3;/h4,8-10H,1,5-7H2,2-3H3;1H. The fourth-order valence-electron chi connectivity index (χ4n) is 1.49. The number of hydrogen-bond donors (Lipinski definition) is 0. The second-order valence-corrected chi connectivity index (χ2v) is 3.15. The van der Waals surface area contributed by atoms with Gasteiger partial charge in [0, 0.05) is 25.5 Å². The molecule has 0 fully saturated rings. The molecule has 1 heterocycles. The maximum atomic E-state index is 3.74. The maximum Gasteiger partial charge on any atom is 0.0980 e. The largest absolute Gasteiger partial charge is 0.356 e. The molecule has 1 unspecified atom stereocenters. The van der Waals surface area contributed by atoms with E-state index in [-0.39, 0.29) is 17.0 Å². The van der Waals surface area contributed by atoms with E-state index in [4.69, 9.17) is 0 Å². The highest BCUT2D eigenvalue weighted by molar-refractivity contribution is 8.93. The third kappa shape index (κ3) is 3.07. The highest BCUT2D eigenvalue weighted by Gasteiger charge is 2.18. The molecule has 0 aromatic heterocycles. The molecule has 0 saturated carbocycles. The molecule has 76 valence electrons. The van der Waals surface area contributed by atoms with Crippen LogP contribution in [0.5, 0.6) is 0 Å². The topological polar surface area (TPSA) is 6.48 Å². The molecule has 0 radical (unpaired) electrons. The quantitative estimate of drug-likeness (QED) is 0.704. The van der Waals surface area contributed by atoms with Crippen molar-refractivity contribution in [2.45, 2.75) is 26.4 Å². The van der Waals surface area contributed by atoms with Crippen LogP contribution >= 0.6 is 17.0 Å². The van der Waals surface area contributed by atoms with Gasteiger partial charge in [-0.1, -0.05) is 13.0 Å². The van der Waals surface area contributed by atoms with E-state index in [1.807, 2.05) is 6.08 Å². The van der Waals surface area contributed by atoms with E-state index in [2.05, 4.69) is 42.6 Å². The Balaban J connectivity index is 0.00000144. The van der Waals surface area contributed by atoms with Crippen molar-refractivity contribution in [1.29, 1.82) is 0 Å². The van der Waals surface area contributed by atoms with Crippen LogP contribution in [0.4, 0.5) is 0 Å². The Hall–Kier alpha value is -0.440. The van der Waals surface area contributed by atoms with Crippen LogP contribution in [0.15, 0.2) is 25.1 Å². The first kappa shape index (κ1) is 12.6. The summed E-state index contributed by atoms with van der Waals surface area (Å²) in [6, 6.07) is 0. The Labute approximate surface area is 91.7 Å². The van der Waals surface area contributed by atoms with Crippen molar-refractivity contribution < 1.29 is 0 Å². The van der Waals surface area contributed by atoms with E-state index in [9.17, 15) is 0 Å². The summed E-state index contributed by atoms with van der Waals surface area (Å²) >= 11 is 0. The van der Waals surface area contributed by atoms with Crippen molar-refractivity contribution in [1.82, 2.24) is 9.80 Å². The molecule has 13 heavy (non-hydrogen) atoms. The highest BCUT2D eigenvalue weighted by Crippen LogP contribution is 2.14. The van der Waals surface area contributed by atoms with Gasteiger partial charge in [-0.3, -0.25) is 0 Å². The summed E-state index contributed by atoms with van der Waals surface area (Å²) in [5.41, 5.74) is 0. The molecule has 1 aliphatic rings. The summed E-state index contributed by atoms with van der Waals surface area (Å²) in [6.45, 7) is 10.2. The number of rotatable bonds is 4. The van der Waals surface area contributed by atoms with Crippen molar-refractivity contribution in [3.63, 3.8) is 0 Å². The van der Waals surface area contributed by atoms with Gasteiger partial charge in [-0.25, -0.2) is 0 Å². The fraction of sp³-hybridized carbons (Fsp3) is 0.600. The van der Waals surface area contributed by atoms with Crippen LogP contribution in [-0.4, -0.2) is 29.1 Å². The van der Waals surface area contributed by atoms with Gasteiger partial charge in [-0.15, -0.1) is 23.6 Å². The van der Waals surface area contributed by atoms with E-state index in [1.165, 1.54) is 6.42 Å². The third-order valence-corrected chi connectivity index (χ3v) is 2.23. The molecule has 0 aromatic carbocycles. The molecule has 2 nitrogen and oxygen atoms in total. The van der Waals surface area contributed by atoms with E-state index in [0.29, 0.717) is 6.17 Å². The van der Waals surface area contributed by atoms with Gasteiger partial charge >= 0.3 is 0 Å². The van der Waals surface area contributed by atoms with Gasteiger partial charge < -0.3 is 9.80 Å². The zero-order valence-electron chi connectivity index (χ0n) is 8.44. The lowest BCUT2D eigenvalue weighted by molar-refractivity contribution is 0.182. The minimum Gasteiger partial charge on any atom is -0.356 e. The number of nitrogens with zero attached hydrogens (tertiary/aromatic N) is 2. The van der Waals surface area contributed by atoms with Crippen molar-refractivity contribution >= 4 is 17.0 Å². The molecule has 1 aliphatic heterocycles. The molecule has 0 N–H and O–H groups in total. The molecule has 0 saturated heterocycles. The summed E-state index contributed by atoms with van der Waals surface area (Å²) in [4.78, 5) is 4.63. The van der Waals surface area contributed by atoms with E-state index in [0.717, 1.165) is 13.1 Å². The van der Waals surface area contributed by atoms with Crippen LogP contribution in [0, 0.1) is 0 Å². The molecule has 1 rings (SSSR count). The normalized spacial score (nSPS) is 20.3. The average Bonchev–Trinajstić information content (AvgIpc) is 2.38. The Bertz CT molecular complexity index is 180. The highest BCUT2D eigenvalue weighted by atomic mass is 79.9. The van der Waals surface area contributed by atoms with E-state index < -0.39 is 0 Å². The molecular formula is C10H19BrN2. The van der Waals surface area contributed by atoms with Gasteiger partial charge in [-0.05, 0) is 13.3 Å². The minimum atomic E-state index is 0. The minimum absolute atomic E-state index is 0. The summed E-state index contributed by atoms with van der Waals surface area (Å²) < 4.78 is 0. The monoisotopic (exact) mass is 246 g/mol. The van der Waals surface area contributed by atoms with Gasteiger partial charge in [0.15, 0.2) is 0 Å². The summed E-state index contributed by atoms with van der Waals surface area (Å²) in [7, 11) is 0. The van der Waals surface area contributed by atoms with Gasteiger partial charge in [0.2, 0.25) is 0 Å². The van der Waals surface area contributed by atoms with E-state index in [1.54, 1.807) is 0 Å². The molecular weight excluding hydrogens is 228 g/mol. The van der Waals surface area contributed by atoms with Crippen LogP contribution in [0.1, 0.15) is 20.3 Å². The molecule has 0 bridgehead atoms. The van der Waals surface area contributed by atoms with Gasteiger partial charge in [-0.2, -0.15) is 0 Å². The number of hydrogen-bond acceptors (Lipinski definition) is 2. The van der Waals surface area contributed by atoms with Crippen molar-refractivity contribution in [3.05, 3.63) is 25.1 Å². The van der Waals surface area contributed by atoms with Crippen LogP contribution < -0.4 is 0 Å². The second-order valence-electron chi connectivity index (χ2n) is 3.15. The lowest BCUT2D eigenvalue weighted by Crippen LogP contribution is -2.36. The van der Waals surface area contributed by atoms with Gasteiger partial charge in [0.05, 0.1) is 6.17 Å². The molecule has 3 heteroatoms. The van der Waals surface area contributed by atoms with Crippen LogP contribution in [0.25, 0.3) is 0 Å². The van der Waals surface area contributed by atoms with Crippen LogP contribution in [-0.2, 0) is 0 Å². The van der Waals surface area contributed by atoms with Crippen LogP contribution in [0.2, 0.25) is 0 Å². The summed E-state index contributed by atoms with van der Waals surface area (Å²) in [6.07, 6.45) is 7.95. The molecule has 0 amide bonds. The van der Waals surface area contributed by atoms with Crippen LogP contribution in [0.3, 0.4) is 0 Å². The Morgan fingerprint density at radius 2 is 2.00 bits per heavy atom. The second kappa shape index (κ2) is 6.08. The molecule has 0 aliphatic carbocycles. The van der Waals surface area contributed by atoms with Crippen molar-refractivity contribution in [3.8, 4) is 0 Å². The first-order valence-corrected chi connectivity index (χ1v) is 4.60. The Morgan fingerprint density at radius 3 is 2.54 bits per heavy atom. The zero-order chi connectivity index (χ0) is 8.97.